The van der Waals surface area contributed by atoms with Crippen molar-refractivity contribution in [3.8, 4) is 5.75 Å². The van der Waals surface area contributed by atoms with E-state index in [0.29, 0.717) is 6.54 Å². The highest BCUT2D eigenvalue weighted by Gasteiger charge is 2.14. The summed E-state index contributed by atoms with van der Waals surface area (Å²) in [5.41, 5.74) is 6.68. The first-order valence-electron chi connectivity index (χ1n) is 6.29. The maximum absolute atomic E-state index is 11.6. The number of methoxy groups -OCH3 is 1. The number of nitrogens with two attached hydrogens (primary N) is 1. The summed E-state index contributed by atoms with van der Waals surface area (Å²) in [6.45, 7) is 4.49. The van der Waals surface area contributed by atoms with E-state index in [9.17, 15) is 4.79 Å². The first-order chi connectivity index (χ1) is 9.04. The van der Waals surface area contributed by atoms with Crippen LogP contribution in [0.5, 0.6) is 5.75 Å². The second kappa shape index (κ2) is 7.76. The van der Waals surface area contributed by atoms with E-state index in [0.717, 1.165) is 11.3 Å². The van der Waals surface area contributed by atoms with Crippen LogP contribution in [0.25, 0.3) is 0 Å². The van der Waals surface area contributed by atoms with Crippen LogP contribution in [-0.4, -0.2) is 38.3 Å². The number of benzene rings is 1. The average molecular weight is 266 g/mol. The van der Waals surface area contributed by atoms with Crippen LogP contribution >= 0.6 is 0 Å². The number of hydrogen-bond acceptors (Lipinski definition) is 4. The Balaban J connectivity index is 2.38. The third-order valence-corrected chi connectivity index (χ3v) is 2.67. The highest BCUT2D eigenvalue weighted by molar-refractivity contribution is 5.81. The van der Waals surface area contributed by atoms with Crippen LogP contribution in [0.3, 0.4) is 0 Å². The van der Waals surface area contributed by atoms with Gasteiger partial charge in [-0.1, -0.05) is 18.2 Å². The summed E-state index contributed by atoms with van der Waals surface area (Å²) in [5, 5.41) is 2.74. The van der Waals surface area contributed by atoms with Gasteiger partial charge in [0.15, 0.2) is 0 Å². The molecule has 2 unspecified atom stereocenters. The third kappa shape index (κ3) is 5.28. The first-order valence-corrected chi connectivity index (χ1v) is 6.29. The van der Waals surface area contributed by atoms with E-state index < -0.39 is 6.04 Å². The molecule has 0 spiro atoms. The van der Waals surface area contributed by atoms with E-state index in [1.54, 1.807) is 0 Å². The number of aryl methyl sites for hydroxylation is 1. The zero-order valence-corrected chi connectivity index (χ0v) is 11.7. The standard InChI is InChI=1S/C14H22N2O3/c1-10-6-4-5-7-13(10)19-11(2)8-16-14(17)12(15)9-18-3/h4-7,11-12H,8-9,15H2,1-3H3,(H,16,17). The van der Waals surface area contributed by atoms with Crippen LogP contribution in [-0.2, 0) is 9.53 Å². The number of carbonyl (C=O) groups is 1. The van der Waals surface area contributed by atoms with Crippen LogP contribution < -0.4 is 15.8 Å². The monoisotopic (exact) mass is 266 g/mol. The van der Waals surface area contributed by atoms with E-state index in [2.05, 4.69) is 5.32 Å². The van der Waals surface area contributed by atoms with Crippen molar-refractivity contribution in [2.24, 2.45) is 5.73 Å². The smallest absolute Gasteiger partial charge is 0.239 e. The lowest BCUT2D eigenvalue weighted by atomic mass is 10.2. The molecule has 1 rings (SSSR count). The largest absolute Gasteiger partial charge is 0.489 e. The van der Waals surface area contributed by atoms with Gasteiger partial charge in [-0.25, -0.2) is 0 Å². The summed E-state index contributed by atoms with van der Waals surface area (Å²) in [4.78, 5) is 11.6. The van der Waals surface area contributed by atoms with E-state index in [1.165, 1.54) is 7.11 Å². The van der Waals surface area contributed by atoms with Gasteiger partial charge in [-0.2, -0.15) is 0 Å². The fourth-order valence-corrected chi connectivity index (χ4v) is 1.58. The van der Waals surface area contributed by atoms with Crippen LogP contribution in [0.2, 0.25) is 0 Å². The SMILES string of the molecule is COCC(N)C(=O)NCC(C)Oc1ccccc1C. The van der Waals surface area contributed by atoms with E-state index >= 15 is 0 Å². The lowest BCUT2D eigenvalue weighted by molar-refractivity contribution is -0.123. The Labute approximate surface area is 114 Å². The predicted octanol–water partition coefficient (Wildman–Crippen LogP) is 0.852. The maximum atomic E-state index is 11.6. The summed E-state index contributed by atoms with van der Waals surface area (Å²) in [6.07, 6.45) is -0.125. The Morgan fingerprint density at radius 2 is 2.11 bits per heavy atom. The second-order valence-corrected chi connectivity index (χ2v) is 4.50. The first kappa shape index (κ1) is 15.5. The molecule has 0 bridgehead atoms. The van der Waals surface area contributed by atoms with Crippen molar-refractivity contribution < 1.29 is 14.3 Å². The molecule has 5 heteroatoms. The van der Waals surface area contributed by atoms with E-state index in [4.69, 9.17) is 15.2 Å². The number of nitrogens with one attached hydrogen (secondary N) is 1. The van der Waals surface area contributed by atoms with Gasteiger partial charge >= 0.3 is 0 Å². The number of hydrogen-bond donors (Lipinski definition) is 2. The van der Waals surface area contributed by atoms with Crippen LogP contribution in [0.1, 0.15) is 12.5 Å². The fourth-order valence-electron chi connectivity index (χ4n) is 1.58. The molecule has 0 saturated carbocycles. The molecule has 19 heavy (non-hydrogen) atoms. The Kier molecular flexibility index (Phi) is 6.32. The molecule has 3 N–H and O–H groups in total. The molecule has 0 aromatic heterocycles. The van der Waals surface area contributed by atoms with Crippen molar-refractivity contribution in [3.05, 3.63) is 29.8 Å². The summed E-state index contributed by atoms with van der Waals surface area (Å²) in [5.74, 6) is 0.590. The third-order valence-electron chi connectivity index (χ3n) is 2.67. The minimum Gasteiger partial charge on any atom is -0.489 e. The highest BCUT2D eigenvalue weighted by Crippen LogP contribution is 2.17. The van der Waals surface area contributed by atoms with Crippen molar-refractivity contribution in [1.82, 2.24) is 5.32 Å². The number of para-hydroxylation sites is 1. The van der Waals surface area contributed by atoms with Crippen molar-refractivity contribution >= 4 is 5.91 Å². The minimum absolute atomic E-state index is 0.125. The number of rotatable bonds is 7. The minimum atomic E-state index is -0.643. The van der Waals surface area contributed by atoms with Gasteiger partial charge in [0.25, 0.3) is 0 Å². The van der Waals surface area contributed by atoms with Gasteiger partial charge in [-0.15, -0.1) is 0 Å². The lowest BCUT2D eigenvalue weighted by Crippen LogP contribution is -2.46. The van der Waals surface area contributed by atoms with Crippen molar-refractivity contribution in [2.45, 2.75) is 26.0 Å². The van der Waals surface area contributed by atoms with Crippen LogP contribution in [0, 0.1) is 6.92 Å². The molecular weight excluding hydrogens is 244 g/mol. The Bertz CT molecular complexity index is 409. The molecule has 1 aromatic rings. The van der Waals surface area contributed by atoms with Crippen molar-refractivity contribution in [1.29, 1.82) is 0 Å². The van der Waals surface area contributed by atoms with Gasteiger partial charge in [0.05, 0.1) is 13.2 Å². The van der Waals surface area contributed by atoms with Gasteiger partial charge in [-0.3, -0.25) is 4.79 Å². The molecule has 1 aromatic carbocycles. The van der Waals surface area contributed by atoms with Gasteiger partial charge < -0.3 is 20.5 Å². The second-order valence-electron chi connectivity index (χ2n) is 4.50. The molecule has 0 fully saturated rings. The molecule has 0 aliphatic heterocycles. The Hall–Kier alpha value is -1.59. The molecular formula is C14H22N2O3. The molecule has 0 radical (unpaired) electrons. The molecule has 0 saturated heterocycles. The molecule has 0 aliphatic rings. The number of ether oxygens (including phenoxy) is 2. The maximum Gasteiger partial charge on any atom is 0.239 e. The summed E-state index contributed by atoms with van der Waals surface area (Å²) >= 11 is 0. The molecule has 2 atom stereocenters. The van der Waals surface area contributed by atoms with Crippen molar-refractivity contribution in [3.63, 3.8) is 0 Å². The Morgan fingerprint density at radius 1 is 1.42 bits per heavy atom. The summed E-state index contributed by atoms with van der Waals surface area (Å²) < 4.78 is 10.6. The molecule has 5 nitrogen and oxygen atoms in total. The van der Waals surface area contributed by atoms with E-state index in [1.807, 2.05) is 38.1 Å². The van der Waals surface area contributed by atoms with Crippen molar-refractivity contribution in [2.75, 3.05) is 20.3 Å². The molecule has 1 amide bonds. The van der Waals surface area contributed by atoms with Gasteiger partial charge in [0.1, 0.15) is 17.9 Å². The van der Waals surface area contributed by atoms with E-state index in [-0.39, 0.29) is 18.6 Å². The normalized spacial score (nSPS) is 13.7. The number of amides is 1. The highest BCUT2D eigenvalue weighted by atomic mass is 16.5. The lowest BCUT2D eigenvalue weighted by Gasteiger charge is -2.18. The Morgan fingerprint density at radius 3 is 2.74 bits per heavy atom. The topological polar surface area (TPSA) is 73.6 Å². The quantitative estimate of drug-likeness (QED) is 0.767. The molecule has 0 aliphatic carbocycles. The predicted molar refractivity (Wildman–Crippen MR) is 74.1 cm³/mol. The van der Waals surface area contributed by atoms with Gasteiger partial charge in [-0.05, 0) is 25.5 Å². The summed E-state index contributed by atoms with van der Waals surface area (Å²) in [6, 6.07) is 7.12. The number of carbonyl (C=O) groups excluding carboxylic acids is 1. The fraction of sp³-hybridized carbons (Fsp3) is 0.500. The molecule has 0 heterocycles. The summed E-state index contributed by atoms with van der Waals surface area (Å²) in [7, 11) is 1.51. The van der Waals surface area contributed by atoms with Crippen LogP contribution in [0.15, 0.2) is 24.3 Å². The average Bonchev–Trinajstić information content (AvgIpc) is 2.39. The zero-order chi connectivity index (χ0) is 14.3. The molecule has 106 valence electrons. The van der Waals surface area contributed by atoms with Crippen LogP contribution in [0.4, 0.5) is 0 Å². The zero-order valence-electron chi connectivity index (χ0n) is 11.7. The van der Waals surface area contributed by atoms with Gasteiger partial charge in [0, 0.05) is 7.11 Å². The van der Waals surface area contributed by atoms with Gasteiger partial charge in [0.2, 0.25) is 5.91 Å².